The molecule has 3 heterocycles. The van der Waals surface area contributed by atoms with Gasteiger partial charge in [0.15, 0.2) is 11.2 Å². The number of nitrogens with zero attached hydrogens (tertiary/aromatic N) is 5. The van der Waals surface area contributed by atoms with Crippen LogP contribution >= 0.6 is 0 Å². The van der Waals surface area contributed by atoms with E-state index in [9.17, 15) is 14.4 Å². The van der Waals surface area contributed by atoms with Gasteiger partial charge in [0.1, 0.15) is 6.33 Å². The zero-order chi connectivity index (χ0) is 23.5. The van der Waals surface area contributed by atoms with Gasteiger partial charge in [0.2, 0.25) is 6.23 Å². The minimum atomic E-state index is -0.869. The minimum absolute atomic E-state index is 0.181. The number of aromatic nitrogens is 4. The van der Waals surface area contributed by atoms with Crippen molar-refractivity contribution in [2.75, 3.05) is 19.6 Å². The van der Waals surface area contributed by atoms with E-state index in [0.717, 1.165) is 30.5 Å². The Labute approximate surface area is 192 Å². The van der Waals surface area contributed by atoms with Gasteiger partial charge in [-0.1, -0.05) is 50.6 Å². The number of fused-ring (bicyclic) bond motifs is 1. The van der Waals surface area contributed by atoms with Gasteiger partial charge in [-0.3, -0.25) is 28.2 Å². The molecule has 0 spiro atoms. The van der Waals surface area contributed by atoms with Crippen molar-refractivity contribution in [1.82, 2.24) is 23.6 Å². The Bertz CT molecular complexity index is 1240. The fourth-order valence-electron chi connectivity index (χ4n) is 4.34. The average Bonchev–Trinajstić information content (AvgIpc) is 3.25. The maximum Gasteiger partial charge on any atom is 0.332 e. The van der Waals surface area contributed by atoms with Crippen molar-refractivity contribution in [3.8, 4) is 0 Å². The Hall–Kier alpha value is -3.20. The Morgan fingerprint density at radius 3 is 2.45 bits per heavy atom. The zero-order valence-corrected chi connectivity index (χ0v) is 19.4. The molecule has 0 N–H and O–H groups in total. The molecule has 1 aliphatic rings. The Morgan fingerprint density at radius 1 is 1.09 bits per heavy atom. The van der Waals surface area contributed by atoms with Crippen molar-refractivity contribution in [1.29, 1.82) is 0 Å². The lowest BCUT2D eigenvalue weighted by atomic mass is 10.1. The Balaban J connectivity index is 1.78. The predicted molar refractivity (Wildman–Crippen MR) is 125 cm³/mol. The fraction of sp³-hybridized carbons (Fsp3) is 0.500. The molecule has 1 saturated heterocycles. The highest BCUT2D eigenvalue weighted by Crippen LogP contribution is 2.24. The first-order valence-electron chi connectivity index (χ1n) is 11.5. The third kappa shape index (κ3) is 4.78. The normalized spacial score (nSPS) is 15.8. The van der Waals surface area contributed by atoms with Crippen molar-refractivity contribution >= 4 is 17.1 Å². The molecule has 0 saturated carbocycles. The maximum atomic E-state index is 13.1. The highest BCUT2D eigenvalue weighted by Gasteiger charge is 2.26. The molecule has 0 aliphatic carbocycles. The molecule has 1 atom stereocenters. The summed E-state index contributed by atoms with van der Waals surface area (Å²) in [4.78, 5) is 45.3. The highest BCUT2D eigenvalue weighted by molar-refractivity contribution is 5.73. The number of rotatable bonds is 7. The monoisotopic (exact) mass is 453 g/mol. The Morgan fingerprint density at radius 2 is 1.79 bits per heavy atom. The summed E-state index contributed by atoms with van der Waals surface area (Å²) in [6.45, 7) is 6.37. The summed E-state index contributed by atoms with van der Waals surface area (Å²) in [5.41, 5.74) is 0.361. The van der Waals surface area contributed by atoms with Crippen molar-refractivity contribution < 1.29 is 9.53 Å². The maximum absolute atomic E-state index is 13.1. The topological polar surface area (TPSA) is 91.4 Å². The van der Waals surface area contributed by atoms with Gasteiger partial charge in [-0.05, 0) is 31.8 Å². The van der Waals surface area contributed by atoms with E-state index in [2.05, 4.69) is 9.88 Å². The van der Waals surface area contributed by atoms with Crippen LogP contribution in [0.1, 0.15) is 44.9 Å². The first-order chi connectivity index (χ1) is 15.9. The lowest BCUT2D eigenvalue weighted by molar-refractivity contribution is -0.152. The van der Waals surface area contributed by atoms with Gasteiger partial charge in [0.25, 0.3) is 5.56 Å². The standard InChI is InChI=1S/C24H31N5O4/c1-17(2)14-28-21-20(22(31)26(3)24(28)32)29(16-25-21)23(18-10-6-4-7-11-18)33-19(30)15-27-12-8-5-9-13-27/h4,6-7,10-11,16-17,23H,5,8-9,12-15H2,1-3H3. The van der Waals surface area contributed by atoms with Crippen LogP contribution < -0.4 is 11.2 Å². The molecule has 1 aliphatic heterocycles. The molecule has 33 heavy (non-hydrogen) atoms. The second-order valence-corrected chi connectivity index (χ2v) is 9.06. The van der Waals surface area contributed by atoms with E-state index in [-0.39, 0.29) is 23.9 Å². The van der Waals surface area contributed by atoms with E-state index in [0.29, 0.717) is 17.8 Å². The molecule has 0 radical (unpaired) electrons. The number of carbonyl (C=O) groups is 1. The number of hydrogen-bond donors (Lipinski definition) is 0. The zero-order valence-electron chi connectivity index (χ0n) is 19.4. The molecular formula is C24H31N5O4. The van der Waals surface area contributed by atoms with Crippen LogP contribution in [0.25, 0.3) is 11.2 Å². The van der Waals surface area contributed by atoms with Gasteiger partial charge < -0.3 is 4.74 Å². The van der Waals surface area contributed by atoms with Crippen LogP contribution in [0, 0.1) is 5.92 Å². The van der Waals surface area contributed by atoms with Crippen molar-refractivity contribution in [3.05, 3.63) is 63.1 Å². The summed E-state index contributed by atoms with van der Waals surface area (Å²) in [6, 6.07) is 9.28. The van der Waals surface area contributed by atoms with Gasteiger partial charge in [-0.25, -0.2) is 9.78 Å². The van der Waals surface area contributed by atoms with Crippen LogP contribution in [0.5, 0.6) is 0 Å². The molecule has 1 fully saturated rings. The SMILES string of the molecule is CC(C)Cn1c(=O)n(C)c(=O)c2c1ncn2C(OC(=O)CN1CCCCC1)c1ccccc1. The molecule has 176 valence electrons. The smallest absolute Gasteiger partial charge is 0.332 e. The molecular weight excluding hydrogens is 422 g/mol. The third-order valence-electron chi connectivity index (χ3n) is 5.98. The molecule has 4 rings (SSSR count). The highest BCUT2D eigenvalue weighted by atomic mass is 16.6. The summed E-state index contributed by atoms with van der Waals surface area (Å²) >= 11 is 0. The summed E-state index contributed by atoms with van der Waals surface area (Å²) in [7, 11) is 1.46. The van der Waals surface area contributed by atoms with Crippen LogP contribution in [0.3, 0.4) is 0 Å². The predicted octanol–water partition coefficient (Wildman–Crippen LogP) is 2.13. The number of piperidine rings is 1. The number of imidazole rings is 1. The van der Waals surface area contributed by atoms with Crippen LogP contribution in [0.2, 0.25) is 0 Å². The Kier molecular flexibility index (Phi) is 6.78. The number of benzene rings is 1. The van der Waals surface area contributed by atoms with Crippen molar-refractivity contribution in [2.45, 2.75) is 45.9 Å². The summed E-state index contributed by atoms with van der Waals surface area (Å²) in [5, 5.41) is 0. The lowest BCUT2D eigenvalue weighted by Crippen LogP contribution is -2.40. The van der Waals surface area contributed by atoms with E-state index >= 15 is 0 Å². The molecule has 1 aromatic carbocycles. The van der Waals surface area contributed by atoms with Gasteiger partial charge in [0.05, 0.1) is 6.54 Å². The lowest BCUT2D eigenvalue weighted by Gasteiger charge is -2.27. The summed E-state index contributed by atoms with van der Waals surface area (Å²) in [5.74, 6) is -0.180. The number of esters is 1. The van der Waals surface area contributed by atoms with E-state index in [1.165, 1.54) is 24.4 Å². The second-order valence-electron chi connectivity index (χ2n) is 9.06. The van der Waals surface area contributed by atoms with Crippen LogP contribution in [0.15, 0.2) is 46.2 Å². The molecule has 3 aromatic rings. The number of carbonyl (C=O) groups excluding carboxylic acids is 1. The first-order valence-corrected chi connectivity index (χ1v) is 11.5. The van der Waals surface area contributed by atoms with Crippen molar-refractivity contribution in [3.63, 3.8) is 0 Å². The number of ether oxygens (including phenoxy) is 1. The van der Waals surface area contributed by atoms with Crippen LogP contribution in [0.4, 0.5) is 0 Å². The van der Waals surface area contributed by atoms with E-state index in [1.54, 1.807) is 4.57 Å². The van der Waals surface area contributed by atoms with Crippen LogP contribution in [-0.2, 0) is 23.1 Å². The minimum Gasteiger partial charge on any atom is -0.436 e. The summed E-state index contributed by atoms with van der Waals surface area (Å²) in [6.07, 6.45) is 3.94. The van der Waals surface area contributed by atoms with Crippen molar-refractivity contribution in [2.24, 2.45) is 13.0 Å². The largest absolute Gasteiger partial charge is 0.436 e. The van der Waals surface area contributed by atoms with Crippen LogP contribution in [-0.4, -0.2) is 49.2 Å². The van der Waals surface area contributed by atoms with Gasteiger partial charge in [-0.15, -0.1) is 0 Å². The molecule has 0 bridgehead atoms. The van der Waals surface area contributed by atoms with Gasteiger partial charge >= 0.3 is 11.7 Å². The molecule has 9 heteroatoms. The second kappa shape index (κ2) is 9.74. The number of likely N-dealkylation sites (tertiary alicyclic amines) is 1. The fourth-order valence-corrected chi connectivity index (χ4v) is 4.34. The molecule has 2 aromatic heterocycles. The molecule has 9 nitrogen and oxygen atoms in total. The molecule has 1 unspecified atom stereocenters. The first kappa shape index (κ1) is 23.0. The summed E-state index contributed by atoms with van der Waals surface area (Å²) < 4.78 is 10.1. The van der Waals surface area contributed by atoms with E-state index in [4.69, 9.17) is 4.74 Å². The van der Waals surface area contributed by atoms with Gasteiger partial charge in [0, 0.05) is 19.2 Å². The average molecular weight is 454 g/mol. The number of hydrogen-bond acceptors (Lipinski definition) is 6. The van der Waals surface area contributed by atoms with E-state index in [1.807, 2.05) is 44.2 Å². The molecule has 0 amide bonds. The van der Waals surface area contributed by atoms with Gasteiger partial charge in [-0.2, -0.15) is 0 Å². The third-order valence-corrected chi connectivity index (χ3v) is 5.98. The quantitative estimate of drug-likeness (QED) is 0.509. The van der Waals surface area contributed by atoms with E-state index < -0.39 is 17.5 Å².